The Kier molecular flexibility index (Phi) is 5.12. The second-order valence-electron chi connectivity index (χ2n) is 7.21. The maximum absolute atomic E-state index is 13.1. The van der Waals surface area contributed by atoms with E-state index >= 15 is 0 Å². The first kappa shape index (κ1) is 19.6. The quantitative estimate of drug-likeness (QED) is 0.576. The van der Waals surface area contributed by atoms with Crippen LogP contribution >= 0.6 is 11.6 Å². The van der Waals surface area contributed by atoms with Gasteiger partial charge in [0.25, 0.3) is 5.56 Å². The van der Waals surface area contributed by atoms with Crippen molar-refractivity contribution in [1.29, 1.82) is 0 Å². The summed E-state index contributed by atoms with van der Waals surface area (Å²) in [5.41, 5.74) is 1.15. The molecule has 1 aliphatic heterocycles. The third kappa shape index (κ3) is 3.11. The van der Waals surface area contributed by atoms with Crippen molar-refractivity contribution in [3.63, 3.8) is 0 Å². The van der Waals surface area contributed by atoms with Gasteiger partial charge >= 0.3 is 5.69 Å². The Bertz CT molecular complexity index is 1190. The molecular weight excluding hydrogens is 394 g/mol. The van der Waals surface area contributed by atoms with E-state index in [0.717, 1.165) is 24.9 Å². The van der Waals surface area contributed by atoms with E-state index in [0.29, 0.717) is 47.5 Å². The van der Waals surface area contributed by atoms with Crippen LogP contribution in [0.25, 0.3) is 11.2 Å². The molecule has 0 fully saturated rings. The number of hydrogen-bond acceptors (Lipinski definition) is 5. The topological polar surface area (TPSA) is 74.3 Å². The second kappa shape index (κ2) is 7.59. The van der Waals surface area contributed by atoms with Gasteiger partial charge in [0.05, 0.1) is 12.1 Å². The predicted molar refractivity (Wildman–Crippen MR) is 114 cm³/mol. The fraction of sp³-hybridized carbons (Fsp3) is 0.450. The van der Waals surface area contributed by atoms with Gasteiger partial charge in [-0.3, -0.25) is 13.9 Å². The number of imidazole rings is 1. The fourth-order valence-corrected chi connectivity index (χ4v) is 4.11. The minimum atomic E-state index is -0.325. The third-order valence-electron chi connectivity index (χ3n) is 5.43. The Morgan fingerprint density at radius 1 is 1.21 bits per heavy atom. The van der Waals surface area contributed by atoms with Crippen LogP contribution in [-0.2, 0) is 20.1 Å². The lowest BCUT2D eigenvalue weighted by Gasteiger charge is -2.17. The lowest BCUT2D eigenvalue weighted by molar-refractivity contribution is 0.415. The molecule has 0 unspecified atom stereocenters. The number of ether oxygens (including phenoxy) is 1. The highest BCUT2D eigenvalue weighted by Crippen LogP contribution is 2.35. The number of rotatable bonds is 6. The highest BCUT2D eigenvalue weighted by Gasteiger charge is 2.29. The van der Waals surface area contributed by atoms with Crippen LogP contribution in [0.2, 0.25) is 5.02 Å². The first-order chi connectivity index (χ1) is 14.0. The molecule has 3 heterocycles. The molecule has 0 N–H and O–H groups in total. The molecular formula is C20H24ClN5O3. The number of nitrogens with zero attached hydrogens (tertiary/aromatic N) is 5. The van der Waals surface area contributed by atoms with Crippen LogP contribution in [0.3, 0.4) is 0 Å². The van der Waals surface area contributed by atoms with E-state index < -0.39 is 0 Å². The number of anilines is 2. The number of aryl methyl sites for hydroxylation is 1. The first-order valence-corrected chi connectivity index (χ1v) is 10.2. The number of aromatic nitrogens is 4. The van der Waals surface area contributed by atoms with Crippen molar-refractivity contribution >= 4 is 34.4 Å². The van der Waals surface area contributed by atoms with Gasteiger partial charge in [-0.2, -0.15) is 4.98 Å². The van der Waals surface area contributed by atoms with E-state index in [1.54, 1.807) is 20.2 Å². The smallest absolute Gasteiger partial charge is 0.332 e. The monoisotopic (exact) mass is 417 g/mol. The summed E-state index contributed by atoms with van der Waals surface area (Å²) in [5, 5.41) is 0.505. The molecule has 1 aromatic carbocycles. The number of unbranched alkanes of at least 4 members (excludes halogenated alkanes) is 2. The van der Waals surface area contributed by atoms with E-state index in [9.17, 15) is 9.59 Å². The molecule has 9 heteroatoms. The summed E-state index contributed by atoms with van der Waals surface area (Å²) >= 11 is 6.29. The van der Waals surface area contributed by atoms with Gasteiger partial charge in [-0.05, 0) is 24.6 Å². The molecule has 0 saturated heterocycles. The molecule has 154 valence electrons. The molecule has 4 rings (SSSR count). The van der Waals surface area contributed by atoms with Crippen LogP contribution in [0.5, 0.6) is 5.75 Å². The van der Waals surface area contributed by atoms with Crippen molar-refractivity contribution in [2.45, 2.75) is 39.3 Å². The number of fused-ring (bicyclic) bond motifs is 3. The number of benzene rings is 1. The maximum atomic E-state index is 13.1. The molecule has 0 amide bonds. The molecule has 0 atom stereocenters. The highest BCUT2D eigenvalue weighted by atomic mass is 35.5. The lowest BCUT2D eigenvalue weighted by atomic mass is 10.2. The van der Waals surface area contributed by atoms with E-state index in [4.69, 9.17) is 16.3 Å². The van der Waals surface area contributed by atoms with Crippen LogP contribution < -0.4 is 20.9 Å². The Hall–Kier alpha value is -2.74. The SMILES string of the molecule is CCCCCn1c(=O)c2c(nc3n2CCN3c2ccc(OC)c(Cl)c2)n(C)c1=O. The molecule has 2 aromatic heterocycles. The molecule has 8 nitrogen and oxygen atoms in total. The van der Waals surface area contributed by atoms with Crippen molar-refractivity contribution in [3.8, 4) is 5.75 Å². The minimum Gasteiger partial charge on any atom is -0.495 e. The summed E-state index contributed by atoms with van der Waals surface area (Å²) in [4.78, 5) is 32.5. The normalized spacial score (nSPS) is 13.3. The van der Waals surface area contributed by atoms with Crippen molar-refractivity contribution in [1.82, 2.24) is 18.7 Å². The van der Waals surface area contributed by atoms with Gasteiger partial charge in [0.2, 0.25) is 5.95 Å². The first-order valence-electron chi connectivity index (χ1n) is 9.79. The number of halogens is 1. The summed E-state index contributed by atoms with van der Waals surface area (Å²) < 4.78 is 9.92. The zero-order chi connectivity index (χ0) is 20.7. The average Bonchev–Trinajstić information content (AvgIpc) is 3.28. The lowest BCUT2D eigenvalue weighted by Crippen LogP contribution is -2.39. The standard InChI is InChI=1S/C20H24ClN5O3/c1-4-5-6-9-26-18(27)16-17(23(2)20(26)28)22-19-24(10-11-25(16)19)13-7-8-15(29-3)14(21)12-13/h7-8,12H,4-6,9-11H2,1-3H3. The molecule has 0 aliphatic carbocycles. The summed E-state index contributed by atoms with van der Waals surface area (Å²) in [6, 6.07) is 5.53. The van der Waals surface area contributed by atoms with Gasteiger partial charge in [-0.1, -0.05) is 31.4 Å². The Morgan fingerprint density at radius 3 is 2.69 bits per heavy atom. The molecule has 0 spiro atoms. The van der Waals surface area contributed by atoms with Gasteiger partial charge in [-0.15, -0.1) is 0 Å². The largest absolute Gasteiger partial charge is 0.495 e. The number of hydrogen-bond donors (Lipinski definition) is 0. The van der Waals surface area contributed by atoms with Gasteiger partial charge in [-0.25, -0.2) is 4.79 Å². The van der Waals surface area contributed by atoms with E-state index in [1.165, 1.54) is 9.13 Å². The maximum Gasteiger partial charge on any atom is 0.332 e. The fourth-order valence-electron chi connectivity index (χ4n) is 3.86. The van der Waals surface area contributed by atoms with E-state index in [-0.39, 0.29) is 11.2 Å². The van der Waals surface area contributed by atoms with Crippen LogP contribution in [0.15, 0.2) is 27.8 Å². The zero-order valence-electron chi connectivity index (χ0n) is 16.8. The summed E-state index contributed by atoms with van der Waals surface area (Å²) in [6.45, 7) is 3.79. The summed E-state index contributed by atoms with van der Waals surface area (Å²) in [5.74, 6) is 1.24. The van der Waals surface area contributed by atoms with Crippen LogP contribution in [-0.4, -0.2) is 32.3 Å². The zero-order valence-corrected chi connectivity index (χ0v) is 17.6. The Balaban J connectivity index is 1.83. The van der Waals surface area contributed by atoms with E-state index in [2.05, 4.69) is 11.9 Å². The van der Waals surface area contributed by atoms with Crippen molar-refractivity contribution < 1.29 is 4.74 Å². The molecule has 0 saturated carbocycles. The third-order valence-corrected chi connectivity index (χ3v) is 5.73. The molecule has 0 bridgehead atoms. The molecule has 3 aromatic rings. The molecule has 29 heavy (non-hydrogen) atoms. The van der Waals surface area contributed by atoms with Crippen LogP contribution in [0, 0.1) is 0 Å². The van der Waals surface area contributed by atoms with Crippen LogP contribution in [0.4, 0.5) is 11.6 Å². The number of methoxy groups -OCH3 is 1. The van der Waals surface area contributed by atoms with Gasteiger partial charge < -0.3 is 14.2 Å². The summed E-state index contributed by atoms with van der Waals surface area (Å²) in [7, 11) is 3.24. The molecule has 1 aliphatic rings. The van der Waals surface area contributed by atoms with Gasteiger partial charge in [0, 0.05) is 32.4 Å². The molecule has 0 radical (unpaired) electrons. The van der Waals surface area contributed by atoms with Gasteiger partial charge in [0.1, 0.15) is 5.75 Å². The minimum absolute atomic E-state index is 0.271. The van der Waals surface area contributed by atoms with Crippen molar-refractivity contribution in [2.24, 2.45) is 7.05 Å². The summed E-state index contributed by atoms with van der Waals surface area (Å²) in [6.07, 6.45) is 2.80. The average molecular weight is 418 g/mol. The van der Waals surface area contributed by atoms with Gasteiger partial charge in [0.15, 0.2) is 11.2 Å². The van der Waals surface area contributed by atoms with E-state index in [1.807, 2.05) is 21.6 Å². The predicted octanol–water partition coefficient (Wildman–Crippen LogP) is 2.90. The van der Waals surface area contributed by atoms with Crippen molar-refractivity contribution in [2.75, 3.05) is 18.6 Å². The Morgan fingerprint density at radius 2 is 2.00 bits per heavy atom. The Labute approximate surface area is 172 Å². The highest BCUT2D eigenvalue weighted by molar-refractivity contribution is 6.32. The van der Waals surface area contributed by atoms with Crippen LogP contribution in [0.1, 0.15) is 26.2 Å². The van der Waals surface area contributed by atoms with Crippen molar-refractivity contribution in [3.05, 3.63) is 44.1 Å². The second-order valence-corrected chi connectivity index (χ2v) is 7.62.